The van der Waals surface area contributed by atoms with E-state index in [0.717, 1.165) is 35.3 Å². The Morgan fingerprint density at radius 3 is 1.39 bits per heavy atom. The van der Waals surface area contributed by atoms with Gasteiger partial charge in [-0.2, -0.15) is 0 Å². The quantitative estimate of drug-likeness (QED) is 0.611. The number of nitrogens with zero attached hydrogens (tertiary/aromatic N) is 2. The summed E-state index contributed by atoms with van der Waals surface area (Å²) < 4.78 is 0. The van der Waals surface area contributed by atoms with Crippen molar-refractivity contribution >= 4 is 17.2 Å². The van der Waals surface area contributed by atoms with Crippen LogP contribution in [0.1, 0.15) is 51.7 Å². The first kappa shape index (κ1) is 22.0. The van der Waals surface area contributed by atoms with Gasteiger partial charge in [-0.25, -0.2) is 0 Å². The van der Waals surface area contributed by atoms with Gasteiger partial charge in [0.1, 0.15) is 0 Å². The van der Waals surface area contributed by atoms with Crippen molar-refractivity contribution in [3.63, 3.8) is 0 Å². The van der Waals surface area contributed by atoms with Crippen LogP contribution < -0.4 is 9.80 Å². The lowest BCUT2D eigenvalue weighted by Crippen LogP contribution is -2.45. The van der Waals surface area contributed by atoms with Crippen LogP contribution in [0.4, 0.5) is 11.4 Å². The third kappa shape index (κ3) is 3.94. The summed E-state index contributed by atoms with van der Waals surface area (Å²) in [7, 11) is 8.14. The number of hydrogen-bond donors (Lipinski definition) is 0. The predicted octanol–water partition coefficient (Wildman–Crippen LogP) is 5.42. The van der Waals surface area contributed by atoms with Crippen LogP contribution in [-0.2, 0) is 15.6 Å². The highest BCUT2D eigenvalue weighted by Gasteiger charge is 2.45. The van der Waals surface area contributed by atoms with E-state index < -0.39 is 10.8 Å². The molecule has 0 aliphatic heterocycles. The van der Waals surface area contributed by atoms with Gasteiger partial charge in [0, 0.05) is 39.6 Å². The van der Waals surface area contributed by atoms with Gasteiger partial charge in [-0.05, 0) is 62.1 Å². The number of rotatable bonds is 8. The van der Waals surface area contributed by atoms with Crippen LogP contribution in [-0.4, -0.2) is 34.0 Å². The molecule has 0 aliphatic rings. The van der Waals surface area contributed by atoms with Crippen molar-refractivity contribution in [2.75, 3.05) is 38.0 Å². The number of anilines is 2. The molecular formula is C25H36N2O. The van der Waals surface area contributed by atoms with Gasteiger partial charge in [0.2, 0.25) is 0 Å². The molecular weight excluding hydrogens is 344 g/mol. The van der Waals surface area contributed by atoms with Gasteiger partial charge < -0.3 is 9.80 Å². The minimum absolute atomic E-state index is 0.289. The number of carbonyl (C=O) groups excluding carboxylic acids is 1. The molecule has 28 heavy (non-hydrogen) atoms. The van der Waals surface area contributed by atoms with Crippen LogP contribution in [0, 0.1) is 0 Å². The zero-order valence-corrected chi connectivity index (χ0v) is 18.8. The average Bonchev–Trinajstić information content (AvgIpc) is 2.72. The molecule has 0 heterocycles. The molecule has 0 saturated carbocycles. The van der Waals surface area contributed by atoms with Crippen LogP contribution in [0.5, 0.6) is 0 Å². The molecule has 0 aliphatic carbocycles. The Hall–Kier alpha value is -2.29. The van der Waals surface area contributed by atoms with Gasteiger partial charge in [-0.3, -0.25) is 4.79 Å². The van der Waals surface area contributed by atoms with E-state index >= 15 is 0 Å². The highest BCUT2D eigenvalue weighted by molar-refractivity contribution is 5.98. The largest absolute Gasteiger partial charge is 0.378 e. The number of benzene rings is 2. The molecule has 2 aromatic rings. The molecule has 0 fully saturated rings. The van der Waals surface area contributed by atoms with Crippen molar-refractivity contribution in [3.05, 3.63) is 59.7 Å². The summed E-state index contributed by atoms with van der Waals surface area (Å²) in [6, 6.07) is 16.8. The number of hydrogen-bond acceptors (Lipinski definition) is 3. The molecule has 3 heteroatoms. The van der Waals surface area contributed by atoms with E-state index in [2.05, 4.69) is 86.0 Å². The summed E-state index contributed by atoms with van der Waals surface area (Å²) in [5.74, 6) is 0.289. The molecule has 3 nitrogen and oxygen atoms in total. The van der Waals surface area contributed by atoms with Gasteiger partial charge in [0.05, 0.1) is 10.8 Å². The van der Waals surface area contributed by atoms with Crippen molar-refractivity contribution in [1.82, 2.24) is 0 Å². The van der Waals surface area contributed by atoms with Gasteiger partial charge in [0.15, 0.2) is 5.78 Å². The standard InChI is InChI=1S/C25H36N2O/c1-9-24(3,19-13-11-15-21(17-19)26(5)6)23(28)25(4,10-2)20-14-12-16-22(18-20)27(7)8/h11-18H,9-10H2,1-8H3. The second-order valence-corrected chi connectivity index (χ2v) is 8.59. The third-order valence-electron chi connectivity index (χ3n) is 6.42. The molecule has 2 rings (SSSR count). The van der Waals surface area contributed by atoms with Crippen LogP contribution in [0.15, 0.2) is 48.5 Å². The summed E-state index contributed by atoms with van der Waals surface area (Å²) in [4.78, 5) is 18.3. The van der Waals surface area contributed by atoms with E-state index in [4.69, 9.17) is 0 Å². The van der Waals surface area contributed by atoms with E-state index in [0.29, 0.717) is 0 Å². The lowest BCUT2D eigenvalue weighted by molar-refractivity contribution is -0.129. The van der Waals surface area contributed by atoms with Gasteiger partial charge in [0.25, 0.3) is 0 Å². The second kappa shape index (κ2) is 8.38. The monoisotopic (exact) mass is 380 g/mol. The Balaban J connectivity index is 2.57. The van der Waals surface area contributed by atoms with Crippen LogP contribution in [0.25, 0.3) is 0 Å². The molecule has 152 valence electrons. The van der Waals surface area contributed by atoms with Gasteiger partial charge >= 0.3 is 0 Å². The lowest BCUT2D eigenvalue weighted by atomic mass is 9.63. The molecule has 0 saturated heterocycles. The lowest BCUT2D eigenvalue weighted by Gasteiger charge is -2.38. The SMILES string of the molecule is CCC(C)(C(=O)C(C)(CC)c1cccc(N(C)C)c1)c1cccc(N(C)C)c1. The fourth-order valence-corrected chi connectivity index (χ4v) is 3.86. The fourth-order valence-electron chi connectivity index (χ4n) is 3.86. The maximum Gasteiger partial charge on any atom is 0.153 e. The Kier molecular flexibility index (Phi) is 6.59. The summed E-state index contributed by atoms with van der Waals surface area (Å²) >= 11 is 0. The molecule has 0 bridgehead atoms. The van der Waals surface area contributed by atoms with Crippen molar-refractivity contribution in [1.29, 1.82) is 0 Å². The topological polar surface area (TPSA) is 23.6 Å². The Morgan fingerprint density at radius 2 is 1.11 bits per heavy atom. The zero-order chi connectivity index (χ0) is 21.1. The van der Waals surface area contributed by atoms with Crippen molar-refractivity contribution in [2.24, 2.45) is 0 Å². The van der Waals surface area contributed by atoms with Crippen LogP contribution >= 0.6 is 0 Å². The number of ketones is 1. The molecule has 2 atom stereocenters. The van der Waals surface area contributed by atoms with E-state index in [1.165, 1.54) is 0 Å². The summed E-state index contributed by atoms with van der Waals surface area (Å²) in [5, 5.41) is 0. The maximum atomic E-state index is 14.1. The smallest absolute Gasteiger partial charge is 0.153 e. The maximum absolute atomic E-state index is 14.1. The Morgan fingerprint density at radius 1 is 0.750 bits per heavy atom. The van der Waals surface area contributed by atoms with Crippen molar-refractivity contribution in [2.45, 2.75) is 51.4 Å². The van der Waals surface area contributed by atoms with Crippen molar-refractivity contribution in [3.8, 4) is 0 Å². The molecule has 2 aromatic carbocycles. The van der Waals surface area contributed by atoms with Gasteiger partial charge in [-0.1, -0.05) is 38.1 Å². The highest BCUT2D eigenvalue weighted by Crippen LogP contribution is 2.41. The molecule has 0 aromatic heterocycles. The van der Waals surface area contributed by atoms with E-state index in [-0.39, 0.29) is 5.78 Å². The van der Waals surface area contributed by atoms with E-state index in [1.807, 2.05) is 28.2 Å². The first-order valence-electron chi connectivity index (χ1n) is 10.2. The Bertz CT molecular complexity index is 759. The molecule has 0 spiro atoms. The van der Waals surface area contributed by atoms with Crippen molar-refractivity contribution < 1.29 is 4.79 Å². The minimum Gasteiger partial charge on any atom is -0.378 e. The molecule has 0 amide bonds. The van der Waals surface area contributed by atoms with Crippen LogP contribution in [0.3, 0.4) is 0 Å². The fraction of sp³-hybridized carbons (Fsp3) is 0.480. The number of carbonyl (C=O) groups is 1. The molecule has 0 radical (unpaired) electrons. The summed E-state index contributed by atoms with van der Waals surface area (Å²) in [6.45, 7) is 8.45. The zero-order valence-electron chi connectivity index (χ0n) is 18.8. The van der Waals surface area contributed by atoms with E-state index in [1.54, 1.807) is 0 Å². The Labute approximate surface area is 171 Å². The highest BCUT2D eigenvalue weighted by atomic mass is 16.1. The third-order valence-corrected chi connectivity index (χ3v) is 6.42. The second-order valence-electron chi connectivity index (χ2n) is 8.59. The minimum atomic E-state index is -0.537. The van der Waals surface area contributed by atoms with Gasteiger partial charge in [-0.15, -0.1) is 0 Å². The normalized spacial score (nSPS) is 15.4. The van der Waals surface area contributed by atoms with Crippen LogP contribution in [0.2, 0.25) is 0 Å². The van der Waals surface area contributed by atoms with E-state index in [9.17, 15) is 4.79 Å². The first-order chi connectivity index (χ1) is 13.1. The first-order valence-corrected chi connectivity index (χ1v) is 10.2. The number of Topliss-reactive ketones (excluding diaryl/α,β-unsaturated/α-hetero) is 1. The summed E-state index contributed by atoms with van der Waals surface area (Å²) in [6.07, 6.45) is 1.54. The predicted molar refractivity (Wildman–Crippen MR) is 122 cm³/mol. The molecule has 2 unspecified atom stereocenters. The average molecular weight is 381 g/mol. The summed E-state index contributed by atoms with van der Waals surface area (Å²) in [5.41, 5.74) is 3.36. The molecule has 0 N–H and O–H groups in total.